The van der Waals surface area contributed by atoms with E-state index < -0.39 is 0 Å². The van der Waals surface area contributed by atoms with Crippen molar-refractivity contribution >= 4 is 16.8 Å². The molecule has 5 nitrogen and oxygen atoms in total. The van der Waals surface area contributed by atoms with Crippen LogP contribution in [0.5, 0.6) is 5.75 Å². The van der Waals surface area contributed by atoms with E-state index in [1.807, 2.05) is 37.4 Å². The number of methoxy groups -OCH3 is 1. The zero-order valence-corrected chi connectivity index (χ0v) is 21.0. The van der Waals surface area contributed by atoms with E-state index in [4.69, 9.17) is 4.74 Å². The molecule has 1 N–H and O–H groups in total. The molecule has 2 aromatic carbocycles. The molecule has 2 fully saturated rings. The SMILES string of the molecule is CN1C=CC1.COc1ccc(C)c(C(=O)NC2(c3cc(C4CCCC4)cc4ncccc34)CC2)c1. The number of carbonyl (C=O) groups is 1. The third kappa shape index (κ3) is 4.90. The van der Waals surface area contributed by atoms with Crippen molar-refractivity contribution in [1.29, 1.82) is 0 Å². The van der Waals surface area contributed by atoms with E-state index in [0.29, 0.717) is 17.2 Å². The van der Waals surface area contributed by atoms with Gasteiger partial charge >= 0.3 is 0 Å². The number of rotatable bonds is 5. The van der Waals surface area contributed by atoms with Crippen molar-refractivity contribution in [3.63, 3.8) is 0 Å². The van der Waals surface area contributed by atoms with Crippen LogP contribution in [0.3, 0.4) is 0 Å². The lowest BCUT2D eigenvalue weighted by molar-refractivity contribution is 0.0930. The van der Waals surface area contributed by atoms with E-state index in [-0.39, 0.29) is 11.4 Å². The smallest absolute Gasteiger partial charge is 0.252 e. The summed E-state index contributed by atoms with van der Waals surface area (Å²) in [4.78, 5) is 20.0. The minimum atomic E-state index is -0.303. The molecule has 0 spiro atoms. The van der Waals surface area contributed by atoms with E-state index in [9.17, 15) is 4.79 Å². The first-order valence-corrected chi connectivity index (χ1v) is 12.7. The van der Waals surface area contributed by atoms with Crippen molar-refractivity contribution < 1.29 is 9.53 Å². The first-order chi connectivity index (χ1) is 17.0. The number of ether oxygens (including phenoxy) is 1. The van der Waals surface area contributed by atoms with Gasteiger partial charge in [0.1, 0.15) is 5.75 Å². The molecule has 1 aromatic heterocycles. The summed E-state index contributed by atoms with van der Waals surface area (Å²) in [5.41, 5.74) is 4.97. The van der Waals surface area contributed by atoms with Gasteiger partial charge in [0.15, 0.2) is 0 Å². The van der Waals surface area contributed by atoms with Crippen LogP contribution in [0.15, 0.2) is 60.9 Å². The molecule has 2 saturated carbocycles. The van der Waals surface area contributed by atoms with Crippen molar-refractivity contribution in [2.45, 2.75) is 56.9 Å². The van der Waals surface area contributed by atoms with Crippen LogP contribution in [0, 0.1) is 6.92 Å². The number of aromatic nitrogens is 1. The first kappa shape index (κ1) is 23.4. The quantitative estimate of drug-likeness (QED) is 0.492. The van der Waals surface area contributed by atoms with Gasteiger partial charge in [-0.1, -0.05) is 31.0 Å². The van der Waals surface area contributed by atoms with E-state index in [0.717, 1.165) is 35.9 Å². The number of carbonyl (C=O) groups excluding carboxylic acids is 1. The number of likely N-dealkylation sites (N-methyl/N-ethyl adjacent to an activating group) is 1. The number of nitrogens with one attached hydrogen (secondary N) is 1. The standard InChI is InChI=1S/C26H28N2O2.C4H7N/c1-17-9-10-20(30-2)16-22(17)25(29)28-26(11-12-26)23-14-19(18-6-3-4-7-18)15-24-21(23)8-5-13-27-24;1-5-3-2-4-5/h5,8-10,13-16,18H,3-4,6-7,11-12H2,1-2H3,(H,28,29);2-3H,4H2,1H3. The molecule has 0 saturated heterocycles. The Labute approximate surface area is 208 Å². The molecule has 0 unspecified atom stereocenters. The summed E-state index contributed by atoms with van der Waals surface area (Å²) in [7, 11) is 3.68. The molecular formula is C30H35N3O2. The normalized spacial score (nSPS) is 18.0. The molecule has 1 amide bonds. The van der Waals surface area contributed by atoms with Gasteiger partial charge in [0.05, 0.1) is 18.2 Å². The van der Waals surface area contributed by atoms with Gasteiger partial charge in [-0.2, -0.15) is 0 Å². The first-order valence-electron chi connectivity index (χ1n) is 12.7. The third-order valence-corrected chi connectivity index (χ3v) is 7.63. The van der Waals surface area contributed by atoms with Gasteiger partial charge in [0.25, 0.3) is 5.91 Å². The molecule has 0 bridgehead atoms. The maximum absolute atomic E-state index is 13.3. The Morgan fingerprint density at radius 3 is 2.51 bits per heavy atom. The fraction of sp³-hybridized carbons (Fsp3) is 0.400. The predicted molar refractivity (Wildman–Crippen MR) is 141 cm³/mol. The average molecular weight is 470 g/mol. The molecule has 3 aliphatic rings. The topological polar surface area (TPSA) is 54.5 Å². The van der Waals surface area contributed by atoms with Crippen LogP contribution in [-0.2, 0) is 5.54 Å². The fourth-order valence-corrected chi connectivity index (χ4v) is 5.26. The second-order valence-corrected chi connectivity index (χ2v) is 10.2. The molecule has 2 heterocycles. The van der Waals surface area contributed by atoms with Crippen molar-refractivity contribution in [2.24, 2.45) is 0 Å². The molecule has 5 heteroatoms. The largest absolute Gasteiger partial charge is 0.497 e. The molecule has 3 aromatic rings. The Kier molecular flexibility index (Phi) is 6.50. The van der Waals surface area contributed by atoms with E-state index in [1.165, 1.54) is 36.8 Å². The predicted octanol–water partition coefficient (Wildman–Crippen LogP) is 6.07. The van der Waals surface area contributed by atoms with Gasteiger partial charge in [0, 0.05) is 30.7 Å². The molecule has 2 aliphatic carbocycles. The van der Waals surface area contributed by atoms with Crippen LogP contribution < -0.4 is 10.1 Å². The molecule has 0 radical (unpaired) electrons. The summed E-state index contributed by atoms with van der Waals surface area (Å²) in [6, 6.07) is 14.4. The van der Waals surface area contributed by atoms with Crippen molar-refractivity contribution in [2.75, 3.05) is 20.7 Å². The highest BCUT2D eigenvalue weighted by Gasteiger charge is 2.47. The molecule has 6 rings (SSSR count). The maximum atomic E-state index is 13.3. The van der Waals surface area contributed by atoms with Crippen molar-refractivity contribution in [3.8, 4) is 5.75 Å². The maximum Gasteiger partial charge on any atom is 0.252 e. The minimum absolute atomic E-state index is 0.0350. The number of amides is 1. The van der Waals surface area contributed by atoms with Crippen LogP contribution in [0.25, 0.3) is 10.9 Å². The number of hydrogen-bond donors (Lipinski definition) is 1. The van der Waals surface area contributed by atoms with Gasteiger partial charge < -0.3 is 15.0 Å². The number of nitrogens with zero attached hydrogens (tertiary/aromatic N) is 2. The monoisotopic (exact) mass is 469 g/mol. The van der Waals surface area contributed by atoms with Gasteiger partial charge in [0.2, 0.25) is 0 Å². The van der Waals surface area contributed by atoms with E-state index in [1.54, 1.807) is 7.11 Å². The number of aryl methyl sites for hydroxylation is 1. The van der Waals surface area contributed by atoms with Crippen molar-refractivity contribution in [3.05, 3.63) is 83.2 Å². The summed E-state index contributed by atoms with van der Waals surface area (Å²) < 4.78 is 5.33. The minimum Gasteiger partial charge on any atom is -0.497 e. The van der Waals surface area contributed by atoms with Crippen LogP contribution in [-0.4, -0.2) is 36.5 Å². The zero-order chi connectivity index (χ0) is 24.4. The van der Waals surface area contributed by atoms with Crippen LogP contribution in [0.4, 0.5) is 0 Å². The van der Waals surface area contributed by atoms with Gasteiger partial charge in [-0.15, -0.1) is 0 Å². The Bertz CT molecular complexity index is 1260. The van der Waals surface area contributed by atoms with Crippen LogP contribution in [0.1, 0.15) is 71.5 Å². The Morgan fingerprint density at radius 2 is 1.89 bits per heavy atom. The molecule has 1 aliphatic heterocycles. The molecule has 182 valence electrons. The van der Waals surface area contributed by atoms with Crippen LogP contribution in [0.2, 0.25) is 0 Å². The highest BCUT2D eigenvalue weighted by atomic mass is 16.5. The Balaban J connectivity index is 0.000000453. The van der Waals surface area contributed by atoms with Gasteiger partial charge in [-0.05, 0) is 91.8 Å². The Morgan fingerprint density at radius 1 is 1.14 bits per heavy atom. The summed E-state index contributed by atoms with van der Waals surface area (Å²) in [5.74, 6) is 1.28. The number of benzene rings is 2. The third-order valence-electron chi connectivity index (χ3n) is 7.63. The van der Waals surface area contributed by atoms with Crippen molar-refractivity contribution in [1.82, 2.24) is 15.2 Å². The molecular weight excluding hydrogens is 434 g/mol. The highest BCUT2D eigenvalue weighted by molar-refractivity contribution is 5.97. The average Bonchev–Trinajstić information content (AvgIpc) is 3.42. The van der Waals surface area contributed by atoms with Crippen LogP contribution >= 0.6 is 0 Å². The lowest BCUT2D eigenvalue weighted by Crippen LogP contribution is -2.35. The summed E-state index contributed by atoms with van der Waals surface area (Å²) in [6.07, 6.45) is 13.1. The fourth-order valence-electron chi connectivity index (χ4n) is 5.26. The van der Waals surface area contributed by atoms with Gasteiger partial charge in [-0.3, -0.25) is 9.78 Å². The lowest BCUT2D eigenvalue weighted by atomic mass is 9.90. The number of pyridine rings is 1. The zero-order valence-electron chi connectivity index (χ0n) is 21.0. The summed E-state index contributed by atoms with van der Waals surface area (Å²) in [5, 5.41) is 4.53. The molecule has 35 heavy (non-hydrogen) atoms. The van der Waals surface area contributed by atoms with E-state index in [2.05, 4.69) is 52.7 Å². The molecule has 0 atom stereocenters. The van der Waals surface area contributed by atoms with E-state index >= 15 is 0 Å². The lowest BCUT2D eigenvalue weighted by Gasteiger charge is -2.23. The second-order valence-electron chi connectivity index (χ2n) is 10.2. The summed E-state index contributed by atoms with van der Waals surface area (Å²) >= 11 is 0. The Hall–Kier alpha value is -3.34. The second kappa shape index (κ2) is 9.73. The number of hydrogen-bond acceptors (Lipinski definition) is 4. The highest BCUT2D eigenvalue weighted by Crippen LogP contribution is 2.49. The van der Waals surface area contributed by atoms with Gasteiger partial charge in [-0.25, -0.2) is 0 Å². The number of fused-ring (bicyclic) bond motifs is 1. The summed E-state index contributed by atoms with van der Waals surface area (Å²) in [6.45, 7) is 3.11.